The lowest BCUT2D eigenvalue weighted by Gasteiger charge is -2.23. The van der Waals surface area contributed by atoms with Crippen LogP contribution in [-0.4, -0.2) is 30.4 Å². The molecule has 1 atom stereocenters. The van der Waals surface area contributed by atoms with E-state index in [2.05, 4.69) is 16.4 Å². The van der Waals surface area contributed by atoms with E-state index in [9.17, 15) is 9.59 Å². The molecule has 0 spiro atoms. The second-order valence-electron chi connectivity index (χ2n) is 4.69. The number of quaternary nitrogens is 1. The third kappa shape index (κ3) is 4.29. The molecule has 0 aromatic carbocycles. The third-order valence-electron chi connectivity index (χ3n) is 2.10. The van der Waals surface area contributed by atoms with Gasteiger partial charge in [-0.25, -0.2) is 0 Å². The molecule has 15 heavy (non-hydrogen) atoms. The minimum Gasteiger partial charge on any atom is -0.357 e. The monoisotopic (exact) mass is 216 g/mol. The van der Waals surface area contributed by atoms with Crippen LogP contribution in [0.15, 0.2) is 0 Å². The van der Waals surface area contributed by atoms with E-state index < -0.39 is 11.6 Å². The highest BCUT2D eigenvalue weighted by Crippen LogP contribution is 2.03. The molecule has 0 aliphatic rings. The summed E-state index contributed by atoms with van der Waals surface area (Å²) < 4.78 is 0. The molecule has 0 radical (unpaired) electrons. The number of nitrogens with one attached hydrogen (secondary N) is 2. The summed E-state index contributed by atoms with van der Waals surface area (Å²) in [5, 5.41) is 5.22. The Balaban J connectivity index is 4.57. The van der Waals surface area contributed by atoms with E-state index >= 15 is 0 Å². The third-order valence-corrected chi connectivity index (χ3v) is 2.10. The molecule has 0 heterocycles. The predicted octanol–water partition coefficient (Wildman–Crippen LogP) is -1.11. The Hall–Kier alpha value is -1.10. The van der Waals surface area contributed by atoms with Crippen LogP contribution in [0.4, 0.5) is 0 Å². The fraction of sp³-hybridized carbons (Fsp3) is 0.800. The van der Waals surface area contributed by atoms with Gasteiger partial charge in [-0.15, -0.1) is 0 Å². The molecule has 5 nitrogen and oxygen atoms in total. The highest BCUT2D eigenvalue weighted by molar-refractivity contribution is 5.90. The molecular formula is C10H22N3O2+. The molecule has 5 N–H and O–H groups in total. The van der Waals surface area contributed by atoms with Gasteiger partial charge in [-0.05, 0) is 19.8 Å². The van der Waals surface area contributed by atoms with Crippen LogP contribution in [0.5, 0.6) is 0 Å². The summed E-state index contributed by atoms with van der Waals surface area (Å²) >= 11 is 0. The first-order valence-electron chi connectivity index (χ1n) is 5.08. The van der Waals surface area contributed by atoms with Crippen LogP contribution < -0.4 is 16.4 Å². The van der Waals surface area contributed by atoms with Gasteiger partial charge in [0.25, 0.3) is 5.91 Å². The first-order chi connectivity index (χ1) is 6.70. The summed E-state index contributed by atoms with van der Waals surface area (Å²) in [7, 11) is 1.55. The van der Waals surface area contributed by atoms with Gasteiger partial charge in [0.1, 0.15) is 6.04 Å². The maximum atomic E-state index is 11.6. The number of hydrogen-bond donors (Lipinski definition) is 3. The molecule has 0 aromatic heterocycles. The van der Waals surface area contributed by atoms with Crippen molar-refractivity contribution in [2.24, 2.45) is 5.92 Å². The molecular weight excluding hydrogens is 194 g/mol. The molecule has 5 heteroatoms. The smallest absolute Gasteiger partial charge is 0.281 e. The quantitative estimate of drug-likeness (QED) is 0.557. The Labute approximate surface area is 90.8 Å². The molecule has 0 saturated carbocycles. The number of likely N-dealkylation sites (N-methyl/N-ethyl adjacent to an activating group) is 1. The molecule has 1 unspecified atom stereocenters. The summed E-state index contributed by atoms with van der Waals surface area (Å²) in [6, 6.07) is -0.497. The minimum atomic E-state index is -0.721. The van der Waals surface area contributed by atoms with Crippen molar-refractivity contribution >= 4 is 11.8 Å². The zero-order valence-electron chi connectivity index (χ0n) is 10.2. The number of rotatable bonds is 4. The van der Waals surface area contributed by atoms with E-state index in [1.165, 1.54) is 0 Å². The van der Waals surface area contributed by atoms with E-state index in [1.54, 1.807) is 20.9 Å². The van der Waals surface area contributed by atoms with E-state index in [-0.39, 0.29) is 17.7 Å². The van der Waals surface area contributed by atoms with Crippen LogP contribution in [0, 0.1) is 5.92 Å². The standard InChI is InChI=1S/C10H21N3O2/c1-6(2)7(8(14)12-5)13-9(15)10(3,4)11/h6-7H,11H2,1-5H3,(H,12,14)(H,13,15)/p+1. The van der Waals surface area contributed by atoms with Gasteiger partial charge in [-0.2, -0.15) is 0 Å². The van der Waals surface area contributed by atoms with Crippen LogP contribution in [0.2, 0.25) is 0 Å². The van der Waals surface area contributed by atoms with E-state index in [0.717, 1.165) is 0 Å². The lowest BCUT2D eigenvalue weighted by Crippen LogP contribution is -2.76. The van der Waals surface area contributed by atoms with Crippen LogP contribution in [0.1, 0.15) is 27.7 Å². The Morgan fingerprint density at radius 3 is 2.00 bits per heavy atom. The molecule has 0 aliphatic carbocycles. The van der Waals surface area contributed by atoms with Gasteiger partial charge in [0.05, 0.1) is 0 Å². The lowest BCUT2D eigenvalue weighted by atomic mass is 10.0. The van der Waals surface area contributed by atoms with Crippen molar-refractivity contribution in [1.82, 2.24) is 10.6 Å². The van der Waals surface area contributed by atoms with Crippen molar-refractivity contribution in [3.63, 3.8) is 0 Å². The number of hydrogen-bond acceptors (Lipinski definition) is 2. The van der Waals surface area contributed by atoms with Crippen molar-refractivity contribution in [3.8, 4) is 0 Å². The van der Waals surface area contributed by atoms with Crippen molar-refractivity contribution in [2.45, 2.75) is 39.3 Å². The van der Waals surface area contributed by atoms with E-state index in [4.69, 9.17) is 0 Å². The molecule has 0 aliphatic heterocycles. The number of amides is 2. The normalized spacial score (nSPS) is 13.5. The van der Waals surface area contributed by atoms with Gasteiger partial charge < -0.3 is 16.4 Å². The maximum absolute atomic E-state index is 11.6. The first-order valence-corrected chi connectivity index (χ1v) is 5.08. The molecule has 0 rings (SSSR count). The summed E-state index contributed by atoms with van der Waals surface area (Å²) in [4.78, 5) is 23.1. The van der Waals surface area contributed by atoms with Crippen LogP contribution in [0.3, 0.4) is 0 Å². The SMILES string of the molecule is CNC(=O)C(NC(=O)C(C)(C)[NH3+])C(C)C. The van der Waals surface area contributed by atoms with Gasteiger partial charge in [0, 0.05) is 7.05 Å². The molecule has 0 bridgehead atoms. The van der Waals surface area contributed by atoms with E-state index in [1.807, 2.05) is 13.8 Å². The fourth-order valence-electron chi connectivity index (χ4n) is 1.03. The number of carbonyl (C=O) groups excluding carboxylic acids is 2. The summed E-state index contributed by atoms with van der Waals surface area (Å²) in [5.74, 6) is -0.344. The van der Waals surface area contributed by atoms with Gasteiger partial charge in [-0.3, -0.25) is 9.59 Å². The van der Waals surface area contributed by atoms with Gasteiger partial charge in [-0.1, -0.05) is 13.8 Å². The van der Waals surface area contributed by atoms with Gasteiger partial charge in [0.15, 0.2) is 5.54 Å². The lowest BCUT2D eigenvalue weighted by molar-refractivity contribution is -0.446. The number of carbonyl (C=O) groups is 2. The molecule has 0 fully saturated rings. The first kappa shape index (κ1) is 13.9. The van der Waals surface area contributed by atoms with Crippen LogP contribution >= 0.6 is 0 Å². The zero-order chi connectivity index (χ0) is 12.2. The van der Waals surface area contributed by atoms with Crippen LogP contribution in [-0.2, 0) is 9.59 Å². The van der Waals surface area contributed by atoms with Crippen molar-refractivity contribution in [2.75, 3.05) is 7.05 Å². The fourth-order valence-corrected chi connectivity index (χ4v) is 1.03. The highest BCUT2D eigenvalue weighted by Gasteiger charge is 2.31. The molecule has 0 aromatic rings. The Kier molecular flexibility index (Phi) is 4.74. The Morgan fingerprint density at radius 1 is 1.27 bits per heavy atom. The second kappa shape index (κ2) is 5.11. The molecule has 2 amide bonds. The Bertz CT molecular complexity index is 244. The van der Waals surface area contributed by atoms with Crippen molar-refractivity contribution in [1.29, 1.82) is 0 Å². The highest BCUT2D eigenvalue weighted by atomic mass is 16.2. The van der Waals surface area contributed by atoms with Crippen molar-refractivity contribution < 1.29 is 15.3 Å². The second-order valence-corrected chi connectivity index (χ2v) is 4.69. The largest absolute Gasteiger partial charge is 0.357 e. The summed E-state index contributed by atoms with van der Waals surface area (Å²) in [6.07, 6.45) is 0. The van der Waals surface area contributed by atoms with Gasteiger partial charge >= 0.3 is 0 Å². The zero-order valence-corrected chi connectivity index (χ0v) is 10.2. The van der Waals surface area contributed by atoms with Crippen LogP contribution in [0.25, 0.3) is 0 Å². The molecule has 88 valence electrons. The Morgan fingerprint density at radius 2 is 1.73 bits per heavy atom. The predicted molar refractivity (Wildman–Crippen MR) is 57.8 cm³/mol. The topological polar surface area (TPSA) is 85.8 Å². The summed E-state index contributed by atoms with van der Waals surface area (Å²) in [6.45, 7) is 7.19. The van der Waals surface area contributed by atoms with Crippen molar-refractivity contribution in [3.05, 3.63) is 0 Å². The minimum absolute atomic E-state index is 0.0521. The maximum Gasteiger partial charge on any atom is 0.281 e. The average molecular weight is 216 g/mol. The van der Waals surface area contributed by atoms with E-state index in [0.29, 0.717) is 0 Å². The average Bonchev–Trinajstić information content (AvgIpc) is 2.10. The summed E-state index contributed by atoms with van der Waals surface area (Å²) in [5.41, 5.74) is 3.00. The molecule has 0 saturated heterocycles. The van der Waals surface area contributed by atoms with Gasteiger partial charge in [0.2, 0.25) is 5.91 Å².